The average Bonchev–Trinajstić information content (AvgIpc) is 2.37. The van der Waals surface area contributed by atoms with Crippen molar-refractivity contribution in [1.82, 2.24) is 0 Å². The van der Waals surface area contributed by atoms with Gasteiger partial charge in [-0.1, -0.05) is 30.3 Å². The third-order valence-corrected chi connectivity index (χ3v) is 2.54. The number of esters is 1. The second-order valence-corrected chi connectivity index (χ2v) is 3.97. The zero-order chi connectivity index (χ0) is 15.0. The first-order chi connectivity index (χ1) is 9.22. The van der Waals surface area contributed by atoms with Crippen LogP contribution in [-0.2, 0) is 4.79 Å². The van der Waals surface area contributed by atoms with Crippen LogP contribution in [0, 0.1) is 0 Å². The summed E-state index contributed by atoms with van der Waals surface area (Å²) in [7, 11) is 0. The summed E-state index contributed by atoms with van der Waals surface area (Å²) < 4.78 is 65.5. The second-order valence-electron chi connectivity index (χ2n) is 3.97. The van der Waals surface area contributed by atoms with Gasteiger partial charge in [-0.15, -0.1) is 0 Å². The number of fused-ring (bicyclic) bond motifs is 1. The molecule has 0 saturated heterocycles. The Morgan fingerprint density at radius 1 is 0.900 bits per heavy atom. The van der Waals surface area contributed by atoms with Crippen LogP contribution in [-0.4, -0.2) is 18.1 Å². The summed E-state index contributed by atoms with van der Waals surface area (Å²) in [5, 5.41) is 1.28. The van der Waals surface area contributed by atoms with Gasteiger partial charge in [-0.05, 0) is 22.9 Å². The zero-order valence-electron chi connectivity index (χ0n) is 9.75. The lowest BCUT2D eigenvalue weighted by Crippen LogP contribution is -2.46. The van der Waals surface area contributed by atoms with Crippen LogP contribution in [0.1, 0.15) is 0 Å². The van der Waals surface area contributed by atoms with Crippen molar-refractivity contribution in [2.24, 2.45) is 0 Å². The van der Waals surface area contributed by atoms with Crippen LogP contribution in [0.3, 0.4) is 0 Å². The molecule has 0 heterocycles. The summed E-state index contributed by atoms with van der Waals surface area (Å²) in [5.74, 6) is -8.57. The summed E-state index contributed by atoms with van der Waals surface area (Å²) in [6, 6.07) is 10.5. The number of hydrogen-bond donors (Lipinski definition) is 0. The molecule has 0 aliphatic carbocycles. The van der Waals surface area contributed by atoms with Gasteiger partial charge in [0.05, 0.1) is 0 Å². The Morgan fingerprint density at radius 3 is 2.10 bits per heavy atom. The largest absolute Gasteiger partial charge is 0.465 e. The summed E-state index contributed by atoms with van der Waals surface area (Å²) in [6.45, 7) is 0. The summed E-state index contributed by atoms with van der Waals surface area (Å²) in [5.41, 5.74) is 0. The van der Waals surface area contributed by atoms with Crippen molar-refractivity contribution >= 4 is 16.7 Å². The van der Waals surface area contributed by atoms with E-state index >= 15 is 0 Å². The predicted octanol–water partition coefficient (Wildman–Crippen LogP) is 3.94. The SMILES string of the molecule is O=C(Oc1ccc2ccccc2c1)C(F)(F)C(F)(F)F. The normalized spacial score (nSPS) is 12.4. The predicted molar refractivity (Wildman–Crippen MR) is 60.6 cm³/mol. The minimum Gasteiger partial charge on any atom is -0.422 e. The van der Waals surface area contributed by atoms with E-state index in [0.29, 0.717) is 5.39 Å². The first-order valence-electron chi connectivity index (χ1n) is 5.37. The standard InChI is InChI=1S/C13H7F5O2/c14-12(15,13(16,17)18)11(19)20-10-6-5-8-3-1-2-4-9(8)7-10/h1-7H. The molecule has 20 heavy (non-hydrogen) atoms. The van der Waals surface area contributed by atoms with Crippen LogP contribution in [0.5, 0.6) is 5.75 Å². The maximum absolute atomic E-state index is 12.7. The molecule has 2 rings (SSSR count). The molecule has 0 aromatic heterocycles. The Balaban J connectivity index is 2.26. The number of benzene rings is 2. The monoisotopic (exact) mass is 290 g/mol. The first-order valence-corrected chi connectivity index (χ1v) is 5.37. The van der Waals surface area contributed by atoms with E-state index in [1.807, 2.05) is 0 Å². The third kappa shape index (κ3) is 2.56. The van der Waals surface area contributed by atoms with Crippen molar-refractivity contribution in [3.05, 3.63) is 42.5 Å². The lowest BCUT2D eigenvalue weighted by atomic mass is 10.1. The van der Waals surface area contributed by atoms with Crippen molar-refractivity contribution in [3.8, 4) is 5.75 Å². The van der Waals surface area contributed by atoms with Gasteiger partial charge in [0.15, 0.2) is 0 Å². The highest BCUT2D eigenvalue weighted by atomic mass is 19.4. The molecule has 0 unspecified atom stereocenters. The van der Waals surface area contributed by atoms with E-state index in [-0.39, 0.29) is 5.75 Å². The van der Waals surface area contributed by atoms with E-state index in [9.17, 15) is 26.7 Å². The highest BCUT2D eigenvalue weighted by Gasteiger charge is 2.65. The Labute approximate surface area is 109 Å². The molecule has 106 valence electrons. The van der Waals surface area contributed by atoms with Crippen LogP contribution in [0.25, 0.3) is 10.8 Å². The van der Waals surface area contributed by atoms with Crippen LogP contribution in [0.2, 0.25) is 0 Å². The summed E-state index contributed by atoms with van der Waals surface area (Å²) in [6.07, 6.45) is -5.99. The Morgan fingerprint density at radius 2 is 1.50 bits per heavy atom. The van der Waals surface area contributed by atoms with Gasteiger partial charge in [0, 0.05) is 0 Å². The van der Waals surface area contributed by atoms with Gasteiger partial charge in [0.2, 0.25) is 0 Å². The fraction of sp³-hybridized carbons (Fsp3) is 0.154. The molecular formula is C13H7F5O2. The van der Waals surface area contributed by atoms with Crippen LogP contribution in [0.4, 0.5) is 22.0 Å². The molecule has 0 aliphatic heterocycles. The number of carbonyl (C=O) groups is 1. The van der Waals surface area contributed by atoms with Crippen molar-refractivity contribution in [1.29, 1.82) is 0 Å². The molecule has 0 saturated carbocycles. The van der Waals surface area contributed by atoms with Crippen molar-refractivity contribution < 1.29 is 31.5 Å². The van der Waals surface area contributed by atoms with Gasteiger partial charge >= 0.3 is 18.1 Å². The molecule has 0 bridgehead atoms. The van der Waals surface area contributed by atoms with Crippen LogP contribution in [0.15, 0.2) is 42.5 Å². The lowest BCUT2D eigenvalue weighted by molar-refractivity contribution is -0.276. The number of carbonyl (C=O) groups excluding carboxylic acids is 1. The van der Waals surface area contributed by atoms with Crippen LogP contribution < -0.4 is 4.74 Å². The Bertz CT molecular complexity index is 648. The van der Waals surface area contributed by atoms with Crippen molar-refractivity contribution in [2.75, 3.05) is 0 Å². The minimum absolute atomic E-state index is 0.377. The van der Waals surface area contributed by atoms with E-state index in [1.54, 1.807) is 24.3 Å². The Hall–Kier alpha value is -2.18. The highest BCUT2D eigenvalue weighted by molar-refractivity contribution is 5.86. The molecule has 0 atom stereocenters. The van der Waals surface area contributed by atoms with Gasteiger partial charge in [0.1, 0.15) is 5.75 Å². The zero-order valence-corrected chi connectivity index (χ0v) is 9.75. The molecule has 0 radical (unpaired) electrons. The molecule has 0 aliphatic rings. The fourth-order valence-electron chi connectivity index (χ4n) is 1.52. The van der Waals surface area contributed by atoms with Gasteiger partial charge in [-0.2, -0.15) is 22.0 Å². The first kappa shape index (κ1) is 14.2. The highest BCUT2D eigenvalue weighted by Crippen LogP contribution is 2.36. The fourth-order valence-corrected chi connectivity index (χ4v) is 1.52. The van der Waals surface area contributed by atoms with E-state index in [4.69, 9.17) is 0 Å². The third-order valence-electron chi connectivity index (χ3n) is 2.54. The minimum atomic E-state index is -5.99. The summed E-state index contributed by atoms with van der Waals surface area (Å²) >= 11 is 0. The van der Waals surface area contributed by atoms with E-state index in [2.05, 4.69) is 4.74 Å². The van der Waals surface area contributed by atoms with Crippen LogP contribution >= 0.6 is 0 Å². The molecular weight excluding hydrogens is 283 g/mol. The number of alkyl halides is 5. The molecule has 7 heteroatoms. The number of halogens is 5. The second kappa shape index (κ2) is 4.73. The smallest absolute Gasteiger partial charge is 0.422 e. The lowest BCUT2D eigenvalue weighted by Gasteiger charge is -2.17. The number of rotatable bonds is 2. The maximum atomic E-state index is 12.7. The van der Waals surface area contributed by atoms with Crippen molar-refractivity contribution in [3.63, 3.8) is 0 Å². The van der Waals surface area contributed by atoms with Crippen molar-refractivity contribution in [2.45, 2.75) is 12.1 Å². The molecule has 2 aromatic carbocycles. The molecule has 0 amide bonds. The van der Waals surface area contributed by atoms with E-state index in [0.717, 1.165) is 11.5 Å². The molecule has 0 spiro atoms. The molecule has 2 aromatic rings. The van der Waals surface area contributed by atoms with Gasteiger partial charge in [-0.3, -0.25) is 0 Å². The van der Waals surface area contributed by atoms with Gasteiger partial charge in [0.25, 0.3) is 0 Å². The van der Waals surface area contributed by atoms with Gasteiger partial charge < -0.3 is 4.74 Å². The Kier molecular flexibility index (Phi) is 3.37. The number of ether oxygens (including phenoxy) is 1. The summed E-state index contributed by atoms with van der Waals surface area (Å²) in [4.78, 5) is 10.9. The number of hydrogen-bond acceptors (Lipinski definition) is 2. The van der Waals surface area contributed by atoms with Gasteiger partial charge in [-0.25, -0.2) is 4.79 Å². The topological polar surface area (TPSA) is 26.3 Å². The molecule has 0 N–H and O–H groups in total. The molecule has 0 fully saturated rings. The average molecular weight is 290 g/mol. The molecule has 2 nitrogen and oxygen atoms in total. The quantitative estimate of drug-likeness (QED) is 0.475. The van der Waals surface area contributed by atoms with E-state index in [1.165, 1.54) is 12.1 Å². The maximum Gasteiger partial charge on any atom is 0.465 e. The van der Waals surface area contributed by atoms with E-state index < -0.39 is 18.1 Å².